The number of carbonyl (C=O) groups is 2. The largest absolute Gasteiger partial charge is 0.495 e. The lowest BCUT2D eigenvalue weighted by molar-refractivity contribution is -0.116. The van der Waals surface area contributed by atoms with Crippen LogP contribution in [0.3, 0.4) is 0 Å². The van der Waals surface area contributed by atoms with E-state index in [0.717, 1.165) is 0 Å². The summed E-state index contributed by atoms with van der Waals surface area (Å²) in [6.07, 6.45) is -0.656. The zero-order valence-corrected chi connectivity index (χ0v) is 20.7. The van der Waals surface area contributed by atoms with Gasteiger partial charge >= 0.3 is 6.09 Å². The third-order valence-electron chi connectivity index (χ3n) is 4.17. The third kappa shape index (κ3) is 8.47. The molecule has 0 saturated carbocycles. The number of methoxy groups -OCH3 is 1. The van der Waals surface area contributed by atoms with Gasteiger partial charge < -0.3 is 24.8 Å². The predicted molar refractivity (Wildman–Crippen MR) is 129 cm³/mol. The Kier molecular flexibility index (Phi) is 9.13. The van der Waals surface area contributed by atoms with Crippen LogP contribution in [0.2, 0.25) is 0 Å². The maximum atomic E-state index is 13.0. The van der Waals surface area contributed by atoms with Crippen molar-refractivity contribution < 1.29 is 32.2 Å². The van der Waals surface area contributed by atoms with Crippen LogP contribution in [0.15, 0.2) is 47.4 Å². The second-order valence-corrected chi connectivity index (χ2v) is 9.81. The highest BCUT2D eigenvalue weighted by molar-refractivity contribution is 7.92. The van der Waals surface area contributed by atoms with Crippen LogP contribution < -0.4 is 24.8 Å². The van der Waals surface area contributed by atoms with E-state index in [4.69, 9.17) is 14.2 Å². The van der Waals surface area contributed by atoms with Crippen LogP contribution in [0.1, 0.15) is 34.1 Å². The van der Waals surface area contributed by atoms with E-state index in [1.165, 1.54) is 25.3 Å². The smallest absolute Gasteiger partial charge is 0.407 e. The van der Waals surface area contributed by atoms with Crippen molar-refractivity contribution in [3.63, 3.8) is 0 Å². The minimum Gasteiger partial charge on any atom is -0.495 e. The van der Waals surface area contributed by atoms with Crippen molar-refractivity contribution in [2.45, 2.75) is 44.6 Å². The number of hydrogen-bond acceptors (Lipinski definition) is 7. The molecule has 0 heterocycles. The van der Waals surface area contributed by atoms with Crippen molar-refractivity contribution in [2.24, 2.45) is 0 Å². The van der Waals surface area contributed by atoms with Gasteiger partial charge in [-0.05, 0) is 70.2 Å². The van der Waals surface area contributed by atoms with Crippen LogP contribution in [0.5, 0.6) is 11.5 Å². The van der Waals surface area contributed by atoms with Crippen molar-refractivity contribution in [1.29, 1.82) is 0 Å². The average Bonchev–Trinajstić information content (AvgIpc) is 2.74. The molecule has 0 unspecified atom stereocenters. The van der Waals surface area contributed by atoms with Crippen LogP contribution >= 0.6 is 0 Å². The molecule has 2 aromatic carbocycles. The molecule has 11 heteroatoms. The average molecular weight is 494 g/mol. The molecule has 0 saturated heterocycles. The van der Waals surface area contributed by atoms with Gasteiger partial charge in [0.1, 0.15) is 22.0 Å². The van der Waals surface area contributed by atoms with Crippen LogP contribution in [-0.2, 0) is 19.6 Å². The molecule has 10 nitrogen and oxygen atoms in total. The molecular formula is C23H31N3O7S. The van der Waals surface area contributed by atoms with Crippen molar-refractivity contribution in [2.75, 3.05) is 30.3 Å². The zero-order valence-electron chi connectivity index (χ0n) is 19.9. The van der Waals surface area contributed by atoms with E-state index in [0.29, 0.717) is 18.0 Å². The molecule has 0 aliphatic carbocycles. The summed E-state index contributed by atoms with van der Waals surface area (Å²) in [5.74, 6) is 0.320. The zero-order chi connectivity index (χ0) is 25.4. The molecule has 0 aliphatic heterocycles. The molecular weight excluding hydrogens is 462 g/mol. The van der Waals surface area contributed by atoms with Gasteiger partial charge in [0, 0.05) is 24.3 Å². The number of alkyl carbamates (subject to hydrolysis) is 1. The highest BCUT2D eigenvalue weighted by Gasteiger charge is 2.21. The van der Waals surface area contributed by atoms with Gasteiger partial charge in [-0.15, -0.1) is 0 Å². The van der Waals surface area contributed by atoms with Crippen LogP contribution in [-0.4, -0.2) is 46.3 Å². The fourth-order valence-corrected chi connectivity index (χ4v) is 4.03. The van der Waals surface area contributed by atoms with Gasteiger partial charge in [-0.1, -0.05) is 0 Å². The van der Waals surface area contributed by atoms with Gasteiger partial charge in [-0.2, -0.15) is 0 Å². The second-order valence-electron chi connectivity index (χ2n) is 8.16. The summed E-state index contributed by atoms with van der Waals surface area (Å²) in [5, 5.41) is 5.11. The summed E-state index contributed by atoms with van der Waals surface area (Å²) in [4.78, 5) is 23.8. The number of benzene rings is 2. The lowest BCUT2D eigenvalue weighted by atomic mass is 10.2. The molecule has 0 aliphatic rings. The number of amides is 2. The van der Waals surface area contributed by atoms with E-state index >= 15 is 0 Å². The first-order chi connectivity index (χ1) is 15.9. The van der Waals surface area contributed by atoms with E-state index in [1.54, 1.807) is 45.0 Å². The third-order valence-corrected chi connectivity index (χ3v) is 5.58. The standard InChI is InChI=1S/C23H31N3O7S/c1-6-32-18-10-7-16(8-11-18)26-34(29,30)20-15-17(9-12-19(20)31-5)25-21(27)13-14-24-22(28)33-23(2,3)4/h7-12,15,26H,6,13-14H2,1-5H3,(H,24,28)(H,25,27). The number of rotatable bonds is 10. The summed E-state index contributed by atoms with van der Waals surface area (Å²) in [6, 6.07) is 10.7. The summed E-state index contributed by atoms with van der Waals surface area (Å²) >= 11 is 0. The van der Waals surface area contributed by atoms with Crippen molar-refractivity contribution in [1.82, 2.24) is 5.32 Å². The number of ether oxygens (including phenoxy) is 3. The minimum absolute atomic E-state index is 0.0300. The molecule has 0 atom stereocenters. The molecule has 0 bridgehead atoms. The Morgan fingerprint density at radius 1 is 1.00 bits per heavy atom. The molecule has 0 spiro atoms. The van der Waals surface area contributed by atoms with Gasteiger partial charge in [0.25, 0.3) is 10.0 Å². The summed E-state index contributed by atoms with van der Waals surface area (Å²) in [5.41, 5.74) is -0.0419. The molecule has 0 radical (unpaired) electrons. The van der Waals surface area contributed by atoms with Crippen molar-refractivity contribution in [3.8, 4) is 11.5 Å². The molecule has 3 N–H and O–H groups in total. The maximum Gasteiger partial charge on any atom is 0.407 e. The fraction of sp³-hybridized carbons (Fsp3) is 0.391. The highest BCUT2D eigenvalue weighted by Crippen LogP contribution is 2.29. The summed E-state index contributed by atoms with van der Waals surface area (Å²) in [6.45, 7) is 7.61. The predicted octanol–water partition coefficient (Wildman–Crippen LogP) is 3.75. The van der Waals surface area contributed by atoms with Crippen molar-refractivity contribution >= 4 is 33.4 Å². The molecule has 2 aromatic rings. The van der Waals surface area contributed by atoms with E-state index in [2.05, 4.69) is 15.4 Å². The summed E-state index contributed by atoms with van der Waals surface area (Å²) in [7, 11) is -2.67. The first-order valence-electron chi connectivity index (χ1n) is 10.6. The Bertz CT molecular complexity index is 1090. The number of sulfonamides is 1. The maximum absolute atomic E-state index is 13.0. The number of nitrogens with one attached hydrogen (secondary N) is 3. The second kappa shape index (κ2) is 11.6. The lowest BCUT2D eigenvalue weighted by Crippen LogP contribution is -2.34. The highest BCUT2D eigenvalue weighted by atomic mass is 32.2. The normalized spacial score (nSPS) is 11.3. The van der Waals surface area contributed by atoms with Gasteiger partial charge in [0.05, 0.1) is 13.7 Å². The Morgan fingerprint density at radius 2 is 1.65 bits per heavy atom. The molecule has 0 fully saturated rings. The van der Waals surface area contributed by atoms with Gasteiger partial charge in [-0.25, -0.2) is 13.2 Å². The first kappa shape index (κ1) is 26.8. The van der Waals surface area contributed by atoms with Crippen LogP contribution in [0.25, 0.3) is 0 Å². The Balaban J connectivity index is 2.06. The van der Waals surface area contributed by atoms with E-state index in [1.807, 2.05) is 6.92 Å². The van der Waals surface area contributed by atoms with E-state index in [-0.39, 0.29) is 29.3 Å². The quantitative estimate of drug-likeness (QED) is 0.459. The SMILES string of the molecule is CCOc1ccc(NS(=O)(=O)c2cc(NC(=O)CCNC(=O)OC(C)(C)C)ccc2OC)cc1. The van der Waals surface area contributed by atoms with Gasteiger partial charge in [0.15, 0.2) is 0 Å². The van der Waals surface area contributed by atoms with E-state index in [9.17, 15) is 18.0 Å². The molecule has 2 rings (SSSR count). The van der Waals surface area contributed by atoms with Gasteiger partial charge in [0.2, 0.25) is 5.91 Å². The lowest BCUT2D eigenvalue weighted by Gasteiger charge is -2.19. The molecule has 0 aromatic heterocycles. The van der Waals surface area contributed by atoms with Gasteiger partial charge in [-0.3, -0.25) is 9.52 Å². The van der Waals surface area contributed by atoms with Crippen LogP contribution in [0, 0.1) is 0 Å². The number of anilines is 2. The van der Waals surface area contributed by atoms with E-state index < -0.39 is 27.6 Å². The summed E-state index contributed by atoms with van der Waals surface area (Å²) < 4.78 is 44.1. The number of hydrogen-bond donors (Lipinski definition) is 3. The Morgan fingerprint density at radius 3 is 2.24 bits per heavy atom. The fourth-order valence-electron chi connectivity index (χ4n) is 2.78. The van der Waals surface area contributed by atoms with Crippen LogP contribution in [0.4, 0.5) is 16.2 Å². The Labute approximate surface area is 200 Å². The number of carbonyl (C=O) groups excluding carboxylic acids is 2. The molecule has 34 heavy (non-hydrogen) atoms. The molecule has 2 amide bonds. The minimum atomic E-state index is -4.03. The van der Waals surface area contributed by atoms with Crippen molar-refractivity contribution in [3.05, 3.63) is 42.5 Å². The topological polar surface area (TPSA) is 132 Å². The molecule has 186 valence electrons. The first-order valence-corrected chi connectivity index (χ1v) is 12.1. The monoisotopic (exact) mass is 493 g/mol. The Hall–Kier alpha value is -3.47.